The Morgan fingerprint density at radius 2 is 1.18 bits per heavy atom. The summed E-state index contributed by atoms with van der Waals surface area (Å²) in [6, 6.07) is 5.16. The van der Waals surface area contributed by atoms with Crippen molar-refractivity contribution in [2.75, 3.05) is 5.73 Å². The molecule has 462 valence electrons. The number of allylic oxidation sites excluding steroid dienone is 12. The van der Waals surface area contributed by atoms with Gasteiger partial charge >= 0.3 is 11.9 Å². The zero-order valence-electron chi connectivity index (χ0n) is 47.9. The lowest BCUT2D eigenvalue weighted by Crippen LogP contribution is -2.61. The van der Waals surface area contributed by atoms with E-state index in [1.807, 2.05) is 19.9 Å². The Morgan fingerprint density at radius 3 is 1.72 bits per heavy atom. The largest absolute Gasteiger partial charge is 0.481 e. The van der Waals surface area contributed by atoms with Gasteiger partial charge in [-0.25, -0.2) is 0 Å². The summed E-state index contributed by atoms with van der Waals surface area (Å²) in [6.45, 7) is 8.08. The van der Waals surface area contributed by atoms with Crippen LogP contribution in [0, 0.1) is 23.7 Å². The van der Waals surface area contributed by atoms with Gasteiger partial charge in [0.15, 0.2) is 12.1 Å². The summed E-state index contributed by atoms with van der Waals surface area (Å²) in [4.78, 5) is 86.3. The van der Waals surface area contributed by atoms with E-state index in [4.69, 9.17) is 35.6 Å². The third-order valence-electron chi connectivity index (χ3n) is 13.8. The molecule has 1 aromatic rings. The predicted molar refractivity (Wildman–Crippen MR) is 307 cm³/mol. The lowest BCUT2D eigenvalue weighted by Gasteiger charge is -2.41. The summed E-state index contributed by atoms with van der Waals surface area (Å²) < 4.78 is 17.6. The Hall–Kier alpha value is -6.15. The Bertz CT molecular complexity index is 2410. The molecule has 1 fully saturated rings. The standard InChI is InChI=1S/C59H84N2O18.C2H4O2/c1-35-18-15-13-11-9-7-5-6-8-10-12-14-16-21-47(78-59-54(61)56(74)55(73)38(4)77-59)33-51(71)53(58(75)76)50(70)31-46(67)30-45(66)29-44(65)28-43(64)27-41(62)19-17-20-42(63)32-52(72)79-57(35)37(3)26-36(2)48(68)34-49(69)39-22-24-40(60)25-23-39;1-2(3)4/h5-16,18,21-25,35-38,43-45,47-48,50-51,53-57,59,64-66,68,70-71,73-74H,17,19-20,26-34,60-61H2,1-4H3,(H,75,76);1H3,(H,3,4)/b6-5+,9-7+,10-8+,13-11+,14-12+,18-15+,21-16+;/t35?,36?,37?,38-,43?,44?,45?,47?,48?,50?,51?,53?,54+,55+,56+,57?,59+;/m1./s1. The Balaban J connectivity index is 0.00000568. The summed E-state index contributed by atoms with van der Waals surface area (Å²) in [5.41, 5.74) is 12.8. The number of hydrogen-bond acceptors (Lipinski definition) is 20. The third kappa shape index (κ3) is 29.3. The quantitative estimate of drug-likeness (QED) is 0.0687. The molecule has 17 atom stereocenters. The van der Waals surface area contributed by atoms with Crippen LogP contribution < -0.4 is 11.5 Å². The number of nitrogen functional groups attached to an aromatic ring is 1. The van der Waals surface area contributed by atoms with E-state index >= 15 is 0 Å². The van der Waals surface area contributed by atoms with Gasteiger partial charge in [0.05, 0.1) is 54.9 Å². The zero-order chi connectivity index (χ0) is 62.3. The van der Waals surface area contributed by atoms with Crippen LogP contribution in [-0.4, -0.2) is 172 Å². The minimum atomic E-state index is -1.95. The smallest absolute Gasteiger partial charge is 0.313 e. The van der Waals surface area contributed by atoms with Gasteiger partial charge in [-0.1, -0.05) is 106 Å². The first-order chi connectivity index (χ1) is 39.1. The van der Waals surface area contributed by atoms with Gasteiger partial charge in [-0.05, 0) is 68.7 Å². The monoisotopic (exact) mass is 1170 g/mol. The molecule has 3 rings (SSSR count). The van der Waals surface area contributed by atoms with Crippen molar-refractivity contribution < 1.29 is 98.8 Å². The van der Waals surface area contributed by atoms with E-state index in [0.717, 1.165) is 6.92 Å². The number of Topliss-reactive ketones (excluding diaryl/α,β-unsaturated/α-hetero) is 4. The molecule has 0 radical (unpaired) electrons. The first-order valence-electron chi connectivity index (χ1n) is 27.8. The van der Waals surface area contributed by atoms with Crippen LogP contribution in [0.25, 0.3) is 0 Å². The molecule has 12 unspecified atom stereocenters. The topological polar surface area (TPSA) is 402 Å². The fourth-order valence-corrected chi connectivity index (χ4v) is 9.36. The number of hydrogen-bond donors (Lipinski definition) is 12. The number of nitrogens with two attached hydrogens (primary N) is 2. The van der Waals surface area contributed by atoms with E-state index in [2.05, 4.69) is 0 Å². The van der Waals surface area contributed by atoms with Gasteiger partial charge in [0.1, 0.15) is 48.0 Å². The number of esters is 1. The van der Waals surface area contributed by atoms with E-state index < -0.39 is 159 Å². The van der Waals surface area contributed by atoms with Gasteiger partial charge in [0.25, 0.3) is 5.97 Å². The van der Waals surface area contributed by atoms with E-state index in [1.54, 1.807) is 98.0 Å². The Kier molecular flexibility index (Phi) is 34.0. The van der Waals surface area contributed by atoms with Crippen molar-refractivity contribution in [3.05, 3.63) is 115 Å². The van der Waals surface area contributed by atoms with Crippen LogP contribution in [0.3, 0.4) is 0 Å². The lowest BCUT2D eigenvalue weighted by atomic mass is 9.83. The molecule has 0 aromatic heterocycles. The van der Waals surface area contributed by atoms with Gasteiger partial charge in [0.2, 0.25) is 0 Å². The average molecular weight is 1170 g/mol. The number of anilines is 1. The van der Waals surface area contributed by atoms with Crippen LogP contribution in [-0.2, 0) is 43.0 Å². The maximum Gasteiger partial charge on any atom is 0.313 e. The van der Waals surface area contributed by atoms with Crippen LogP contribution in [0.15, 0.2) is 109 Å². The first kappa shape index (κ1) is 73.0. The van der Waals surface area contributed by atoms with Crippen molar-refractivity contribution >= 4 is 46.7 Å². The first-order valence-corrected chi connectivity index (χ1v) is 27.8. The SMILES string of the molecule is CC(=O)O.CC1/C=C/C=C/C=C/C=C/C=C/C=C/C=C/C(O[C@@H]2O[C@H](C)[C@H](O)[C@@H](O)[C@@H]2N)CC(O)C(C(=O)O)C(O)CC(=O)CC(O)CC(O)CC(O)CC(=O)CCCC(=O)CC(=O)OC1C(C)CC(C)C(O)CC(=O)c1ccc(N)cc1. The summed E-state index contributed by atoms with van der Waals surface area (Å²) in [5.74, 6) is -8.25. The van der Waals surface area contributed by atoms with Crippen LogP contribution in [0.5, 0.6) is 0 Å². The van der Waals surface area contributed by atoms with Crippen LogP contribution in [0.1, 0.15) is 122 Å². The number of aliphatic hydroxyl groups excluding tert-OH is 8. The molecule has 0 amide bonds. The molecular formula is C61H88N2O20. The second kappa shape index (κ2) is 38.7. The number of ether oxygens (including phenoxy) is 3. The molecule has 22 heteroatoms. The minimum Gasteiger partial charge on any atom is -0.481 e. The van der Waals surface area contributed by atoms with E-state index in [1.165, 1.54) is 19.1 Å². The van der Waals surface area contributed by atoms with Crippen LogP contribution in [0.4, 0.5) is 5.69 Å². The highest BCUT2D eigenvalue weighted by Crippen LogP contribution is 2.29. The minimum absolute atomic E-state index is 0.0619. The normalized spacial score (nSPS) is 33.3. The van der Waals surface area contributed by atoms with Crippen molar-refractivity contribution in [2.24, 2.45) is 29.4 Å². The van der Waals surface area contributed by atoms with Gasteiger partial charge in [0, 0.05) is 69.0 Å². The molecule has 1 aromatic carbocycles. The number of carbonyl (C=O) groups is 7. The molecule has 22 nitrogen and oxygen atoms in total. The number of carbonyl (C=O) groups excluding carboxylic acids is 5. The number of carboxylic acid groups (broad SMARTS) is 2. The van der Waals surface area contributed by atoms with Gasteiger partial charge in [-0.3, -0.25) is 33.6 Å². The van der Waals surface area contributed by atoms with Gasteiger partial charge in [-0.2, -0.15) is 0 Å². The molecule has 83 heavy (non-hydrogen) atoms. The number of cyclic esters (lactones) is 1. The molecule has 2 aliphatic rings. The summed E-state index contributed by atoms with van der Waals surface area (Å²) in [6.07, 6.45) is 4.37. The van der Waals surface area contributed by atoms with Crippen molar-refractivity contribution in [3.8, 4) is 0 Å². The van der Waals surface area contributed by atoms with E-state index in [9.17, 15) is 74.7 Å². The Labute approximate surface area is 485 Å². The number of benzene rings is 1. The second-order valence-corrected chi connectivity index (χ2v) is 21.4. The summed E-state index contributed by atoms with van der Waals surface area (Å²) >= 11 is 0. The maximum atomic E-state index is 13.3. The molecule has 0 spiro atoms. The summed E-state index contributed by atoms with van der Waals surface area (Å²) in [5, 5.41) is 103. The van der Waals surface area contributed by atoms with Gasteiger partial charge < -0.3 is 76.7 Å². The summed E-state index contributed by atoms with van der Waals surface area (Å²) in [7, 11) is 0. The molecular weight excluding hydrogens is 1080 g/mol. The zero-order valence-corrected chi connectivity index (χ0v) is 47.9. The highest BCUT2D eigenvalue weighted by Gasteiger charge is 2.43. The van der Waals surface area contributed by atoms with Crippen molar-refractivity contribution in [1.82, 2.24) is 0 Å². The number of ketones is 4. The molecule has 1 saturated heterocycles. The van der Waals surface area contributed by atoms with Gasteiger partial charge in [-0.15, -0.1) is 0 Å². The number of aliphatic carboxylic acids is 2. The lowest BCUT2D eigenvalue weighted by molar-refractivity contribution is -0.265. The molecule has 2 aliphatic heterocycles. The van der Waals surface area contributed by atoms with Crippen LogP contribution in [0.2, 0.25) is 0 Å². The third-order valence-corrected chi connectivity index (χ3v) is 13.8. The second-order valence-electron chi connectivity index (χ2n) is 21.4. The molecule has 0 bridgehead atoms. The number of rotatable bonds is 10. The molecule has 0 saturated carbocycles. The molecule has 14 N–H and O–H groups in total. The van der Waals surface area contributed by atoms with Crippen molar-refractivity contribution in [3.63, 3.8) is 0 Å². The highest BCUT2D eigenvalue weighted by molar-refractivity contribution is 5.97. The number of aliphatic hydroxyl groups is 8. The highest BCUT2D eigenvalue weighted by atomic mass is 16.7. The van der Waals surface area contributed by atoms with Crippen LogP contribution >= 0.6 is 0 Å². The molecule has 0 aliphatic carbocycles. The number of carboxylic acids is 2. The van der Waals surface area contributed by atoms with Crippen molar-refractivity contribution in [2.45, 2.75) is 191 Å². The predicted octanol–water partition coefficient (Wildman–Crippen LogP) is 3.70. The average Bonchev–Trinajstić information content (AvgIpc) is 3.50. The fraction of sp³-hybridized carbons (Fsp3) is 0.557. The maximum absolute atomic E-state index is 13.3. The Morgan fingerprint density at radius 1 is 0.675 bits per heavy atom. The van der Waals surface area contributed by atoms with E-state index in [-0.39, 0.29) is 55.6 Å². The fourth-order valence-electron chi connectivity index (χ4n) is 9.36. The molecule has 2 heterocycles. The van der Waals surface area contributed by atoms with E-state index in [0.29, 0.717) is 17.7 Å². The van der Waals surface area contributed by atoms with Crippen molar-refractivity contribution in [1.29, 1.82) is 0 Å².